The Morgan fingerprint density at radius 1 is 1.61 bits per heavy atom. The van der Waals surface area contributed by atoms with Crippen molar-refractivity contribution in [3.63, 3.8) is 0 Å². The molecule has 1 aromatic carbocycles. The van der Waals surface area contributed by atoms with Gasteiger partial charge in [0.15, 0.2) is 0 Å². The highest BCUT2D eigenvalue weighted by molar-refractivity contribution is 9.10. The van der Waals surface area contributed by atoms with Crippen LogP contribution in [0.4, 0.5) is 0 Å². The van der Waals surface area contributed by atoms with E-state index in [1.165, 1.54) is 6.08 Å². The summed E-state index contributed by atoms with van der Waals surface area (Å²) in [6.07, 6.45) is 3.00. The number of nitrogens with two attached hydrogens (primary N) is 1. The van der Waals surface area contributed by atoms with Crippen molar-refractivity contribution in [3.05, 3.63) is 46.5 Å². The Bertz CT molecular complexity index is 544. The SMILES string of the molecule is C=CCOc1ccc(Br)cc1/C=C(\C#N)C(N)=O. The highest BCUT2D eigenvalue weighted by atomic mass is 79.9. The Hall–Kier alpha value is -2.06. The molecule has 0 atom stereocenters. The van der Waals surface area contributed by atoms with Crippen LogP contribution in [0.25, 0.3) is 6.08 Å². The summed E-state index contributed by atoms with van der Waals surface area (Å²) in [4.78, 5) is 11.0. The maximum atomic E-state index is 11.0. The van der Waals surface area contributed by atoms with E-state index in [4.69, 9.17) is 15.7 Å². The third-order valence-corrected chi connectivity index (χ3v) is 2.51. The van der Waals surface area contributed by atoms with Crippen molar-refractivity contribution in [2.45, 2.75) is 0 Å². The molecule has 1 amide bonds. The van der Waals surface area contributed by atoms with E-state index in [-0.39, 0.29) is 5.57 Å². The van der Waals surface area contributed by atoms with Crippen LogP contribution in [0, 0.1) is 11.3 Å². The molecule has 2 N–H and O–H groups in total. The van der Waals surface area contributed by atoms with Crippen molar-refractivity contribution >= 4 is 27.9 Å². The molecule has 0 aliphatic heterocycles. The van der Waals surface area contributed by atoms with Gasteiger partial charge >= 0.3 is 0 Å². The van der Waals surface area contributed by atoms with Crippen molar-refractivity contribution in [2.24, 2.45) is 5.73 Å². The van der Waals surface area contributed by atoms with Gasteiger partial charge in [-0.2, -0.15) is 5.26 Å². The number of nitriles is 1. The summed E-state index contributed by atoms with van der Waals surface area (Å²) in [6.45, 7) is 3.89. The van der Waals surface area contributed by atoms with Crippen LogP contribution in [0.3, 0.4) is 0 Å². The molecule has 0 aliphatic rings. The monoisotopic (exact) mass is 306 g/mol. The molecular weight excluding hydrogens is 296 g/mol. The molecule has 5 heteroatoms. The molecule has 0 fully saturated rings. The lowest BCUT2D eigenvalue weighted by molar-refractivity contribution is -0.114. The Labute approximate surface area is 113 Å². The van der Waals surface area contributed by atoms with Gasteiger partial charge in [0.2, 0.25) is 0 Å². The number of carbonyl (C=O) groups is 1. The lowest BCUT2D eigenvalue weighted by Crippen LogP contribution is -2.12. The number of nitrogens with zero attached hydrogens (tertiary/aromatic N) is 1. The van der Waals surface area contributed by atoms with Crippen LogP contribution in [0.1, 0.15) is 5.56 Å². The first kappa shape index (κ1) is 14.0. The zero-order chi connectivity index (χ0) is 13.5. The molecule has 18 heavy (non-hydrogen) atoms. The lowest BCUT2D eigenvalue weighted by atomic mass is 10.1. The first-order chi connectivity index (χ1) is 8.58. The maximum Gasteiger partial charge on any atom is 0.259 e. The molecule has 0 radical (unpaired) electrons. The number of amides is 1. The number of hydrogen-bond donors (Lipinski definition) is 1. The number of benzene rings is 1. The van der Waals surface area contributed by atoms with E-state index in [1.54, 1.807) is 30.3 Å². The summed E-state index contributed by atoms with van der Waals surface area (Å²) >= 11 is 3.31. The van der Waals surface area contributed by atoms with Gasteiger partial charge in [0.05, 0.1) is 0 Å². The van der Waals surface area contributed by atoms with Gasteiger partial charge in [-0.25, -0.2) is 0 Å². The van der Waals surface area contributed by atoms with E-state index in [1.807, 2.05) is 0 Å². The molecule has 1 rings (SSSR count). The lowest BCUT2D eigenvalue weighted by Gasteiger charge is -2.08. The van der Waals surface area contributed by atoms with Crippen LogP contribution in [-0.4, -0.2) is 12.5 Å². The van der Waals surface area contributed by atoms with E-state index in [0.29, 0.717) is 17.9 Å². The maximum absolute atomic E-state index is 11.0. The van der Waals surface area contributed by atoms with Crippen LogP contribution >= 0.6 is 15.9 Å². The van der Waals surface area contributed by atoms with Crippen molar-refractivity contribution in [1.29, 1.82) is 5.26 Å². The van der Waals surface area contributed by atoms with Gasteiger partial charge in [0, 0.05) is 10.0 Å². The van der Waals surface area contributed by atoms with E-state index >= 15 is 0 Å². The fraction of sp³-hybridized carbons (Fsp3) is 0.0769. The smallest absolute Gasteiger partial charge is 0.259 e. The molecule has 92 valence electrons. The molecule has 4 nitrogen and oxygen atoms in total. The largest absolute Gasteiger partial charge is 0.489 e. The van der Waals surface area contributed by atoms with Crippen molar-refractivity contribution in [1.82, 2.24) is 0 Å². The van der Waals surface area contributed by atoms with Gasteiger partial charge < -0.3 is 10.5 Å². The van der Waals surface area contributed by atoms with Crippen molar-refractivity contribution in [2.75, 3.05) is 6.61 Å². The number of hydrogen-bond acceptors (Lipinski definition) is 3. The molecule has 1 aromatic rings. The van der Waals surface area contributed by atoms with Gasteiger partial charge in [-0.1, -0.05) is 28.6 Å². The number of halogens is 1. The number of carbonyl (C=O) groups excluding carboxylic acids is 1. The van der Waals surface area contributed by atoms with Gasteiger partial charge in [-0.3, -0.25) is 4.79 Å². The molecule has 0 unspecified atom stereocenters. The van der Waals surface area contributed by atoms with Crippen LogP contribution in [0.5, 0.6) is 5.75 Å². The summed E-state index contributed by atoms with van der Waals surface area (Å²) in [5.41, 5.74) is 5.56. The van der Waals surface area contributed by atoms with Crippen molar-refractivity contribution in [3.8, 4) is 11.8 Å². The summed E-state index contributed by atoms with van der Waals surface area (Å²) in [7, 11) is 0. The third-order valence-electron chi connectivity index (χ3n) is 2.01. The Kier molecular flexibility index (Phi) is 5.15. The quantitative estimate of drug-likeness (QED) is 0.515. The minimum Gasteiger partial charge on any atom is -0.489 e. The molecule has 0 spiro atoms. The van der Waals surface area contributed by atoms with E-state index in [9.17, 15) is 4.79 Å². The summed E-state index contributed by atoms with van der Waals surface area (Å²) in [5.74, 6) is -0.223. The molecule has 0 aromatic heterocycles. The average molecular weight is 307 g/mol. The Balaban J connectivity index is 3.20. The fourth-order valence-corrected chi connectivity index (χ4v) is 1.61. The van der Waals surface area contributed by atoms with Crippen LogP contribution < -0.4 is 10.5 Å². The molecule has 0 saturated carbocycles. The highest BCUT2D eigenvalue weighted by Crippen LogP contribution is 2.25. The van der Waals surface area contributed by atoms with Gasteiger partial charge in [-0.05, 0) is 24.3 Å². The summed E-state index contributed by atoms with van der Waals surface area (Å²) < 4.78 is 6.23. The predicted molar refractivity (Wildman–Crippen MR) is 72.6 cm³/mol. The van der Waals surface area contributed by atoms with Gasteiger partial charge in [0.1, 0.15) is 24.0 Å². The average Bonchev–Trinajstić information content (AvgIpc) is 2.34. The molecule has 0 saturated heterocycles. The van der Waals surface area contributed by atoms with Gasteiger partial charge in [-0.15, -0.1) is 0 Å². The Morgan fingerprint density at radius 2 is 2.33 bits per heavy atom. The van der Waals surface area contributed by atoms with Crippen molar-refractivity contribution < 1.29 is 9.53 Å². The molecule has 0 bridgehead atoms. The number of rotatable bonds is 5. The minimum atomic E-state index is -0.771. The molecule has 0 aliphatic carbocycles. The zero-order valence-corrected chi connectivity index (χ0v) is 11.1. The summed E-state index contributed by atoms with van der Waals surface area (Å²) in [6, 6.07) is 7.01. The minimum absolute atomic E-state index is 0.128. The first-order valence-electron chi connectivity index (χ1n) is 5.03. The highest BCUT2D eigenvalue weighted by Gasteiger charge is 2.07. The standard InChI is InChI=1S/C13H11BrN2O2/c1-2-5-18-12-4-3-11(14)7-9(12)6-10(8-15)13(16)17/h2-4,6-7H,1,5H2,(H2,16,17)/b10-6+. The first-order valence-corrected chi connectivity index (χ1v) is 5.82. The van der Waals surface area contributed by atoms with E-state index in [0.717, 1.165) is 4.47 Å². The predicted octanol–water partition coefficient (Wildman–Crippen LogP) is 2.41. The van der Waals surface area contributed by atoms with E-state index in [2.05, 4.69) is 22.5 Å². The second-order valence-corrected chi connectivity index (χ2v) is 4.23. The second-order valence-electron chi connectivity index (χ2n) is 3.32. The second kappa shape index (κ2) is 6.62. The van der Waals surface area contributed by atoms with Crippen LogP contribution in [0.2, 0.25) is 0 Å². The number of primary amides is 1. The summed E-state index contributed by atoms with van der Waals surface area (Å²) in [5, 5.41) is 8.81. The fourth-order valence-electron chi connectivity index (χ4n) is 1.23. The topological polar surface area (TPSA) is 76.1 Å². The van der Waals surface area contributed by atoms with Crippen LogP contribution in [-0.2, 0) is 4.79 Å². The third kappa shape index (κ3) is 3.75. The molecule has 0 heterocycles. The zero-order valence-electron chi connectivity index (χ0n) is 9.52. The molecular formula is C13H11BrN2O2. The van der Waals surface area contributed by atoms with Crippen LogP contribution in [0.15, 0.2) is 40.9 Å². The van der Waals surface area contributed by atoms with E-state index < -0.39 is 5.91 Å². The van der Waals surface area contributed by atoms with Gasteiger partial charge in [0.25, 0.3) is 5.91 Å². The number of ether oxygens (including phenoxy) is 1. The Morgan fingerprint density at radius 3 is 2.89 bits per heavy atom. The normalized spacial score (nSPS) is 10.6.